The summed E-state index contributed by atoms with van der Waals surface area (Å²) < 4.78 is 40.0. The Kier molecular flexibility index (Phi) is 2.92. The van der Waals surface area contributed by atoms with Gasteiger partial charge in [0.2, 0.25) is 0 Å². The van der Waals surface area contributed by atoms with Gasteiger partial charge >= 0.3 is 18.1 Å². The molecule has 0 aliphatic rings. The zero-order chi connectivity index (χ0) is 8.41. The normalized spacial score (nSPS) is 13.5. The second-order valence-corrected chi connectivity index (χ2v) is 3.42. The van der Waals surface area contributed by atoms with Gasteiger partial charge in [0, 0.05) is 0 Å². The van der Waals surface area contributed by atoms with Crippen molar-refractivity contribution in [2.24, 2.45) is 0 Å². The smallest absolute Gasteiger partial charge is 0.302 e. The highest BCUT2D eigenvalue weighted by atomic mass is 32.2. The van der Waals surface area contributed by atoms with E-state index in [9.17, 15) is 13.0 Å². The minimum absolute atomic E-state index is 0.726. The van der Waals surface area contributed by atoms with Crippen molar-refractivity contribution in [3.63, 3.8) is 0 Å². The van der Waals surface area contributed by atoms with Gasteiger partial charge in [-0.2, -0.15) is 13.0 Å². The number of rotatable bonds is 3. The molecule has 0 saturated heterocycles. The molecule has 0 radical (unpaired) electrons. The lowest BCUT2D eigenvalue weighted by atomic mass is 13.5. The molecule has 0 heterocycles. The number of hydrogen-bond acceptors (Lipinski definition) is 4. The first-order chi connectivity index (χ1) is 4.21. The Morgan fingerprint density at radius 3 is 1.90 bits per heavy atom. The Morgan fingerprint density at radius 2 is 1.80 bits per heavy atom. The van der Waals surface area contributed by atoms with Crippen LogP contribution in [0.15, 0.2) is 0 Å². The molecule has 8 nitrogen and oxygen atoms in total. The molecule has 0 aliphatic carbocycles. The van der Waals surface area contributed by atoms with Crippen LogP contribution in [0.4, 0.5) is 0 Å². The molecular weight excluding hydrogens is 189 g/mol. The van der Waals surface area contributed by atoms with Crippen molar-refractivity contribution in [3.05, 3.63) is 0 Å². The van der Waals surface area contributed by atoms with Gasteiger partial charge < -0.3 is 9.79 Å². The molecular formula is H4NO7PS. The summed E-state index contributed by atoms with van der Waals surface area (Å²) in [5.74, 6) is 0. The Bertz CT molecular complexity index is 232. The van der Waals surface area contributed by atoms with Gasteiger partial charge in [-0.25, -0.2) is 4.57 Å². The lowest BCUT2D eigenvalue weighted by Crippen LogP contribution is -2.21. The lowest BCUT2D eigenvalue weighted by molar-refractivity contribution is 0.162. The van der Waals surface area contributed by atoms with Gasteiger partial charge in [-0.1, -0.05) is 4.89 Å². The molecule has 0 aromatic heterocycles. The molecule has 0 unspecified atom stereocenters. The number of hydrogen-bond donors (Lipinski definition) is 4. The maximum Gasteiger partial charge on any atom is 0.487 e. The standard InChI is InChI=1S/H4NO7PS/c2-9(3,4)8-1-10(5,6)7/h1H,(H2,2,3,4)(H,5,6,7). The van der Waals surface area contributed by atoms with E-state index in [1.165, 1.54) is 0 Å². The van der Waals surface area contributed by atoms with Crippen molar-refractivity contribution >= 4 is 18.1 Å². The predicted molar refractivity (Wildman–Crippen MR) is 27.8 cm³/mol. The van der Waals surface area contributed by atoms with E-state index < -0.39 is 18.1 Å². The third kappa shape index (κ3) is 7.98. The quantitative estimate of drug-likeness (QED) is 0.241. The molecule has 0 atom stereocenters. The maximum absolute atomic E-state index is 9.71. The fourth-order valence-corrected chi connectivity index (χ4v) is 0.861. The molecule has 0 spiro atoms. The summed E-state index contributed by atoms with van der Waals surface area (Å²) in [6.07, 6.45) is 0. The van der Waals surface area contributed by atoms with Crippen molar-refractivity contribution in [2.45, 2.75) is 0 Å². The van der Waals surface area contributed by atoms with E-state index in [2.05, 4.69) is 4.62 Å². The summed E-state index contributed by atoms with van der Waals surface area (Å²) in [7, 11) is -9.63. The van der Waals surface area contributed by atoms with Crippen molar-refractivity contribution in [1.82, 2.24) is 4.89 Å². The first-order valence-electron chi connectivity index (χ1n) is 1.69. The van der Waals surface area contributed by atoms with E-state index in [4.69, 9.17) is 14.3 Å². The average Bonchev–Trinajstić information content (AvgIpc) is 1.57. The second kappa shape index (κ2) is 2.93. The molecule has 10 heavy (non-hydrogen) atoms. The SMILES string of the molecule is O=P(O)(O)ONS(=O)(=O)O. The second-order valence-electron chi connectivity index (χ2n) is 1.14. The predicted octanol–water partition coefficient (Wildman–Crippen LogP) is -1.60. The van der Waals surface area contributed by atoms with Crippen molar-refractivity contribution in [3.8, 4) is 0 Å². The van der Waals surface area contributed by atoms with Gasteiger partial charge in [-0.15, -0.1) is 0 Å². The van der Waals surface area contributed by atoms with Gasteiger partial charge in [0.15, 0.2) is 0 Å². The van der Waals surface area contributed by atoms with Crippen molar-refractivity contribution < 1.29 is 31.9 Å². The van der Waals surface area contributed by atoms with Crippen molar-refractivity contribution in [2.75, 3.05) is 0 Å². The molecule has 0 aliphatic heterocycles. The molecule has 4 N–H and O–H groups in total. The van der Waals surface area contributed by atoms with Crippen LogP contribution in [0.2, 0.25) is 0 Å². The molecule has 0 bridgehead atoms. The number of phosphoric acid groups is 1. The molecule has 0 aromatic rings. The van der Waals surface area contributed by atoms with Crippen LogP contribution in [0, 0.1) is 0 Å². The third-order valence-corrected chi connectivity index (χ3v) is 1.01. The minimum atomic E-state index is -4.91. The van der Waals surface area contributed by atoms with Crippen LogP contribution in [0.3, 0.4) is 0 Å². The van der Waals surface area contributed by atoms with E-state index >= 15 is 0 Å². The van der Waals surface area contributed by atoms with Crippen LogP contribution < -0.4 is 4.89 Å². The van der Waals surface area contributed by atoms with Gasteiger partial charge in [0.05, 0.1) is 0 Å². The fraction of sp³-hybridized carbons (Fsp3) is 0. The molecule has 0 rings (SSSR count). The van der Waals surface area contributed by atoms with E-state index in [1.807, 2.05) is 0 Å². The van der Waals surface area contributed by atoms with Crippen LogP contribution in [0.25, 0.3) is 0 Å². The highest BCUT2D eigenvalue weighted by Crippen LogP contribution is 2.33. The van der Waals surface area contributed by atoms with Gasteiger partial charge in [0.1, 0.15) is 0 Å². The molecule has 0 aromatic carbocycles. The van der Waals surface area contributed by atoms with Crippen LogP contribution in [-0.4, -0.2) is 22.8 Å². The lowest BCUT2D eigenvalue weighted by Gasteiger charge is -2.01. The average molecular weight is 193 g/mol. The molecule has 62 valence electrons. The van der Waals surface area contributed by atoms with Gasteiger partial charge in [-0.05, 0) is 0 Å². The minimum Gasteiger partial charge on any atom is -0.302 e. The topological polar surface area (TPSA) is 133 Å². The monoisotopic (exact) mass is 193 g/mol. The Labute approximate surface area is 55.9 Å². The zero-order valence-electron chi connectivity index (χ0n) is 4.33. The van der Waals surface area contributed by atoms with Gasteiger partial charge in [-0.3, -0.25) is 4.55 Å². The summed E-state index contributed by atoms with van der Waals surface area (Å²) in [6.45, 7) is 0. The first-order valence-corrected chi connectivity index (χ1v) is 4.66. The highest BCUT2D eigenvalue weighted by molar-refractivity contribution is 7.83. The van der Waals surface area contributed by atoms with Gasteiger partial charge in [0.25, 0.3) is 0 Å². The summed E-state index contributed by atoms with van der Waals surface area (Å²) in [6, 6.07) is 0. The zero-order valence-corrected chi connectivity index (χ0v) is 6.04. The van der Waals surface area contributed by atoms with E-state index in [-0.39, 0.29) is 0 Å². The number of nitrogens with one attached hydrogen (secondary N) is 1. The molecule has 0 saturated carbocycles. The summed E-state index contributed by atoms with van der Waals surface area (Å²) in [5, 5.41) is 0. The summed E-state index contributed by atoms with van der Waals surface area (Å²) >= 11 is 0. The van der Waals surface area contributed by atoms with Crippen molar-refractivity contribution in [1.29, 1.82) is 0 Å². The Hall–Kier alpha value is -0.0200. The fourth-order valence-electron chi connectivity index (χ4n) is 0.0956. The molecule has 10 heteroatoms. The van der Waals surface area contributed by atoms with Crippen LogP contribution in [-0.2, 0) is 19.5 Å². The highest BCUT2D eigenvalue weighted by Gasteiger charge is 2.17. The third-order valence-electron chi connectivity index (χ3n) is 0.261. The van der Waals surface area contributed by atoms with E-state index in [0.717, 1.165) is 4.89 Å². The maximum atomic E-state index is 9.71. The largest absolute Gasteiger partial charge is 0.487 e. The molecule has 0 fully saturated rings. The van der Waals surface area contributed by atoms with E-state index in [1.54, 1.807) is 0 Å². The first kappa shape index (κ1) is 9.98. The Balaban J connectivity index is 3.92. The van der Waals surface area contributed by atoms with Crippen LogP contribution in [0.1, 0.15) is 0 Å². The summed E-state index contributed by atoms with van der Waals surface area (Å²) in [4.78, 5) is 16.4. The molecule has 0 amide bonds. The Morgan fingerprint density at radius 1 is 1.40 bits per heavy atom. The van der Waals surface area contributed by atoms with Crippen LogP contribution >= 0.6 is 7.82 Å². The van der Waals surface area contributed by atoms with Crippen LogP contribution in [0.5, 0.6) is 0 Å². The summed E-state index contributed by atoms with van der Waals surface area (Å²) in [5.41, 5.74) is 0. The van der Waals surface area contributed by atoms with E-state index in [0.29, 0.717) is 0 Å².